The molecule has 1 saturated carbocycles. The van der Waals surface area contributed by atoms with E-state index < -0.39 is 0 Å². The SMILES string of the molecule is Cn1cc(Br)c(CNc2cccc(NC(=O)C3CC3)c2)n1. The number of amides is 1. The average molecular weight is 349 g/mol. The van der Waals surface area contributed by atoms with Gasteiger partial charge >= 0.3 is 0 Å². The highest BCUT2D eigenvalue weighted by molar-refractivity contribution is 9.10. The molecule has 1 aromatic carbocycles. The normalized spacial score (nSPS) is 14.0. The standard InChI is InChI=1S/C15H17BrN4O/c1-20-9-13(16)14(19-20)8-17-11-3-2-4-12(7-11)18-15(21)10-5-6-10/h2-4,7,9-10,17H,5-6,8H2,1H3,(H,18,21). The van der Waals surface area contributed by atoms with Crippen molar-refractivity contribution < 1.29 is 4.79 Å². The maximum atomic E-state index is 11.8. The van der Waals surface area contributed by atoms with Crippen LogP contribution in [0.1, 0.15) is 18.5 Å². The Morgan fingerprint density at radius 3 is 2.86 bits per heavy atom. The van der Waals surface area contributed by atoms with Gasteiger partial charge in [0.1, 0.15) is 0 Å². The number of rotatable bonds is 5. The number of aromatic nitrogens is 2. The lowest BCUT2D eigenvalue weighted by molar-refractivity contribution is -0.117. The minimum atomic E-state index is 0.125. The molecular formula is C15H17BrN4O. The van der Waals surface area contributed by atoms with Crippen LogP contribution in [0.25, 0.3) is 0 Å². The van der Waals surface area contributed by atoms with Crippen LogP contribution in [-0.4, -0.2) is 15.7 Å². The second kappa shape index (κ2) is 5.89. The molecule has 1 heterocycles. The van der Waals surface area contributed by atoms with E-state index in [1.54, 1.807) is 4.68 Å². The summed E-state index contributed by atoms with van der Waals surface area (Å²) in [6.45, 7) is 0.626. The fourth-order valence-corrected chi connectivity index (χ4v) is 2.62. The molecular weight excluding hydrogens is 332 g/mol. The fourth-order valence-electron chi connectivity index (χ4n) is 2.11. The summed E-state index contributed by atoms with van der Waals surface area (Å²) in [6.07, 6.45) is 3.94. The van der Waals surface area contributed by atoms with Crippen LogP contribution >= 0.6 is 15.9 Å². The topological polar surface area (TPSA) is 59.0 Å². The molecule has 0 unspecified atom stereocenters. The van der Waals surface area contributed by atoms with Crippen molar-refractivity contribution in [3.8, 4) is 0 Å². The van der Waals surface area contributed by atoms with Crippen LogP contribution in [0.5, 0.6) is 0 Å². The van der Waals surface area contributed by atoms with Gasteiger partial charge < -0.3 is 10.6 Å². The minimum Gasteiger partial charge on any atom is -0.379 e. The monoisotopic (exact) mass is 348 g/mol. The summed E-state index contributed by atoms with van der Waals surface area (Å²) in [4.78, 5) is 11.8. The quantitative estimate of drug-likeness (QED) is 0.872. The molecule has 1 aliphatic carbocycles. The lowest BCUT2D eigenvalue weighted by Crippen LogP contribution is -2.13. The zero-order valence-electron chi connectivity index (χ0n) is 11.8. The highest BCUT2D eigenvalue weighted by Crippen LogP contribution is 2.30. The first-order valence-corrected chi connectivity index (χ1v) is 7.74. The second-order valence-corrected chi connectivity index (χ2v) is 6.15. The Kier molecular flexibility index (Phi) is 3.96. The Balaban J connectivity index is 1.62. The second-order valence-electron chi connectivity index (χ2n) is 5.30. The molecule has 110 valence electrons. The predicted octanol–water partition coefficient (Wildman–Crippen LogP) is 3.14. The van der Waals surface area contributed by atoms with E-state index in [0.717, 1.165) is 34.4 Å². The molecule has 0 saturated heterocycles. The molecule has 21 heavy (non-hydrogen) atoms. The summed E-state index contributed by atoms with van der Waals surface area (Å²) < 4.78 is 2.75. The van der Waals surface area contributed by atoms with Crippen molar-refractivity contribution in [1.29, 1.82) is 0 Å². The molecule has 1 fully saturated rings. The molecule has 1 aromatic heterocycles. The maximum Gasteiger partial charge on any atom is 0.227 e. The average Bonchev–Trinajstić information content (AvgIpc) is 3.23. The number of hydrogen-bond donors (Lipinski definition) is 2. The van der Waals surface area contributed by atoms with Crippen molar-refractivity contribution in [2.24, 2.45) is 13.0 Å². The van der Waals surface area contributed by atoms with Crippen molar-refractivity contribution >= 4 is 33.2 Å². The molecule has 1 aliphatic rings. The van der Waals surface area contributed by atoms with Crippen LogP contribution in [0.3, 0.4) is 0 Å². The number of hydrogen-bond acceptors (Lipinski definition) is 3. The van der Waals surface area contributed by atoms with Gasteiger partial charge in [-0.1, -0.05) is 6.07 Å². The molecule has 1 amide bonds. The van der Waals surface area contributed by atoms with Crippen LogP contribution in [0.2, 0.25) is 0 Å². The third-order valence-electron chi connectivity index (χ3n) is 3.39. The van der Waals surface area contributed by atoms with Gasteiger partial charge in [0.05, 0.1) is 16.7 Å². The summed E-state index contributed by atoms with van der Waals surface area (Å²) in [5.41, 5.74) is 2.74. The van der Waals surface area contributed by atoms with Gasteiger partial charge in [0.15, 0.2) is 0 Å². The van der Waals surface area contributed by atoms with Crippen LogP contribution in [0, 0.1) is 5.92 Å². The van der Waals surface area contributed by atoms with E-state index in [0.29, 0.717) is 6.54 Å². The molecule has 6 heteroatoms. The van der Waals surface area contributed by atoms with Crippen LogP contribution in [-0.2, 0) is 18.4 Å². The number of halogens is 1. The Bertz CT molecular complexity index is 663. The molecule has 0 aliphatic heterocycles. The van der Waals surface area contributed by atoms with Crippen LogP contribution in [0.15, 0.2) is 34.9 Å². The van der Waals surface area contributed by atoms with Crippen LogP contribution < -0.4 is 10.6 Å². The summed E-state index contributed by atoms with van der Waals surface area (Å²) >= 11 is 3.48. The molecule has 2 N–H and O–H groups in total. The van der Waals surface area contributed by atoms with Crippen molar-refractivity contribution in [3.63, 3.8) is 0 Å². The molecule has 0 radical (unpaired) electrons. The predicted molar refractivity (Wildman–Crippen MR) is 86.0 cm³/mol. The Morgan fingerprint density at radius 1 is 1.43 bits per heavy atom. The van der Waals surface area contributed by atoms with Gasteiger partial charge in [0, 0.05) is 30.5 Å². The van der Waals surface area contributed by atoms with Gasteiger partial charge in [0.25, 0.3) is 0 Å². The highest BCUT2D eigenvalue weighted by atomic mass is 79.9. The summed E-state index contributed by atoms with van der Waals surface area (Å²) in [5.74, 6) is 0.339. The summed E-state index contributed by atoms with van der Waals surface area (Å²) in [7, 11) is 1.89. The molecule has 5 nitrogen and oxygen atoms in total. The van der Waals surface area contributed by atoms with Crippen molar-refractivity contribution in [3.05, 3.63) is 40.6 Å². The van der Waals surface area contributed by atoms with E-state index in [9.17, 15) is 4.79 Å². The van der Waals surface area contributed by atoms with Gasteiger partial charge in [-0.25, -0.2) is 0 Å². The van der Waals surface area contributed by atoms with Gasteiger partial charge in [-0.2, -0.15) is 5.10 Å². The first-order chi connectivity index (χ1) is 10.1. The third kappa shape index (κ3) is 3.64. The molecule has 0 atom stereocenters. The van der Waals surface area contributed by atoms with Crippen molar-refractivity contribution in [1.82, 2.24) is 9.78 Å². The number of nitrogens with one attached hydrogen (secondary N) is 2. The molecule has 0 bridgehead atoms. The lowest BCUT2D eigenvalue weighted by atomic mass is 10.2. The van der Waals surface area contributed by atoms with Crippen molar-refractivity contribution in [2.45, 2.75) is 19.4 Å². The molecule has 3 rings (SSSR count). The zero-order valence-corrected chi connectivity index (χ0v) is 13.4. The Labute approximate surface area is 131 Å². The lowest BCUT2D eigenvalue weighted by Gasteiger charge is -2.08. The van der Waals surface area contributed by atoms with Gasteiger partial charge in [-0.3, -0.25) is 9.48 Å². The number of carbonyl (C=O) groups excluding carboxylic acids is 1. The number of carbonyl (C=O) groups is 1. The minimum absolute atomic E-state index is 0.125. The first kappa shape index (κ1) is 14.1. The van der Waals surface area contributed by atoms with E-state index in [1.807, 2.05) is 37.5 Å². The summed E-state index contributed by atoms with van der Waals surface area (Å²) in [6, 6.07) is 7.75. The van der Waals surface area contributed by atoms with E-state index in [2.05, 4.69) is 31.7 Å². The number of aryl methyl sites for hydroxylation is 1. The van der Waals surface area contributed by atoms with Gasteiger partial charge in [0.2, 0.25) is 5.91 Å². The smallest absolute Gasteiger partial charge is 0.227 e. The first-order valence-electron chi connectivity index (χ1n) is 6.94. The fraction of sp³-hybridized carbons (Fsp3) is 0.333. The Hall–Kier alpha value is -1.82. The number of benzene rings is 1. The van der Waals surface area contributed by atoms with E-state index >= 15 is 0 Å². The zero-order chi connectivity index (χ0) is 14.8. The van der Waals surface area contributed by atoms with E-state index in [1.165, 1.54) is 0 Å². The van der Waals surface area contributed by atoms with E-state index in [-0.39, 0.29) is 11.8 Å². The van der Waals surface area contributed by atoms with Crippen LogP contribution in [0.4, 0.5) is 11.4 Å². The largest absolute Gasteiger partial charge is 0.379 e. The van der Waals surface area contributed by atoms with E-state index in [4.69, 9.17) is 0 Å². The maximum absolute atomic E-state index is 11.8. The van der Waals surface area contributed by atoms with Crippen molar-refractivity contribution in [2.75, 3.05) is 10.6 Å². The molecule has 2 aromatic rings. The summed E-state index contributed by atoms with van der Waals surface area (Å²) in [5, 5.41) is 10.6. The number of anilines is 2. The molecule has 0 spiro atoms. The van der Waals surface area contributed by atoms with Gasteiger partial charge in [-0.15, -0.1) is 0 Å². The van der Waals surface area contributed by atoms with Gasteiger partial charge in [-0.05, 0) is 47.0 Å². The third-order valence-corrected chi connectivity index (χ3v) is 4.05. The highest BCUT2D eigenvalue weighted by Gasteiger charge is 2.29. The number of nitrogens with zero attached hydrogens (tertiary/aromatic N) is 2. The Morgan fingerprint density at radius 2 is 2.19 bits per heavy atom.